The number of nitrogens with one attached hydrogen (secondary N) is 2. The Morgan fingerprint density at radius 1 is 1.32 bits per heavy atom. The molecular weight excluding hydrogens is 358 g/mol. The van der Waals surface area contributed by atoms with Crippen LogP contribution in [0.4, 0.5) is 5.82 Å². The molecule has 152 valence electrons. The molecule has 9 nitrogen and oxygen atoms in total. The Kier molecular flexibility index (Phi) is 6.25. The second-order valence-electron chi connectivity index (χ2n) is 7.16. The van der Waals surface area contributed by atoms with E-state index in [-0.39, 0.29) is 11.7 Å². The second kappa shape index (κ2) is 8.66. The molecule has 0 aromatic carbocycles. The number of methoxy groups -OCH3 is 1. The van der Waals surface area contributed by atoms with E-state index in [9.17, 15) is 4.79 Å². The van der Waals surface area contributed by atoms with Crippen molar-refractivity contribution in [1.82, 2.24) is 30.4 Å². The van der Waals surface area contributed by atoms with Gasteiger partial charge in [0, 0.05) is 51.1 Å². The van der Waals surface area contributed by atoms with E-state index in [0.717, 1.165) is 54.4 Å². The lowest BCUT2D eigenvalue weighted by atomic mass is 10.2. The van der Waals surface area contributed by atoms with Gasteiger partial charge in [-0.3, -0.25) is 4.79 Å². The van der Waals surface area contributed by atoms with Crippen LogP contribution in [0.2, 0.25) is 0 Å². The smallest absolute Gasteiger partial charge is 0.288 e. The van der Waals surface area contributed by atoms with E-state index in [0.29, 0.717) is 12.8 Å². The fraction of sp³-hybridized carbons (Fsp3) is 0.579. The van der Waals surface area contributed by atoms with Crippen molar-refractivity contribution in [3.05, 3.63) is 34.5 Å². The zero-order chi connectivity index (χ0) is 20.3. The molecule has 0 unspecified atom stereocenters. The lowest BCUT2D eigenvalue weighted by Gasteiger charge is -2.21. The summed E-state index contributed by atoms with van der Waals surface area (Å²) in [5.41, 5.74) is 4.13. The summed E-state index contributed by atoms with van der Waals surface area (Å²) >= 11 is 0. The summed E-state index contributed by atoms with van der Waals surface area (Å²) in [5.74, 6) is 0.798. The van der Waals surface area contributed by atoms with Crippen molar-refractivity contribution >= 4 is 11.7 Å². The Bertz CT molecular complexity index is 849. The van der Waals surface area contributed by atoms with Crippen molar-refractivity contribution in [2.75, 3.05) is 32.1 Å². The Morgan fingerprint density at radius 2 is 2.11 bits per heavy atom. The Hall–Kier alpha value is -2.52. The van der Waals surface area contributed by atoms with E-state index >= 15 is 0 Å². The summed E-state index contributed by atoms with van der Waals surface area (Å²) in [6.07, 6.45) is 2.87. The van der Waals surface area contributed by atoms with Gasteiger partial charge in [0.1, 0.15) is 12.5 Å². The van der Waals surface area contributed by atoms with E-state index < -0.39 is 0 Å². The first-order valence-electron chi connectivity index (χ1n) is 9.50. The SMILES string of the molecule is CNC(=O)c1nc(C)c(C)c(N2CC[C@@H](NCc3c(C)cnn3COC)C2)n1. The number of hydrogen-bond acceptors (Lipinski definition) is 7. The van der Waals surface area contributed by atoms with E-state index in [1.807, 2.05) is 24.7 Å². The van der Waals surface area contributed by atoms with Crippen LogP contribution in [0.25, 0.3) is 0 Å². The summed E-state index contributed by atoms with van der Waals surface area (Å²) in [4.78, 5) is 23.0. The molecule has 9 heteroatoms. The maximum absolute atomic E-state index is 12.0. The van der Waals surface area contributed by atoms with Crippen LogP contribution >= 0.6 is 0 Å². The number of amides is 1. The number of anilines is 1. The summed E-state index contributed by atoms with van der Waals surface area (Å²) in [7, 11) is 3.26. The topological polar surface area (TPSA) is 97.2 Å². The van der Waals surface area contributed by atoms with Crippen LogP contribution < -0.4 is 15.5 Å². The van der Waals surface area contributed by atoms with Gasteiger partial charge in [-0.1, -0.05) is 0 Å². The summed E-state index contributed by atoms with van der Waals surface area (Å²) in [6, 6.07) is 0.336. The minimum absolute atomic E-state index is 0.219. The third-order valence-corrected chi connectivity index (χ3v) is 5.25. The molecule has 3 heterocycles. The average Bonchev–Trinajstić information content (AvgIpc) is 3.29. The molecule has 2 N–H and O–H groups in total. The highest BCUT2D eigenvalue weighted by Crippen LogP contribution is 2.24. The molecular formula is C19H29N7O2. The number of ether oxygens (including phenoxy) is 1. The molecule has 0 spiro atoms. The lowest BCUT2D eigenvalue weighted by molar-refractivity contribution is 0.0952. The zero-order valence-corrected chi connectivity index (χ0v) is 17.2. The van der Waals surface area contributed by atoms with Gasteiger partial charge in [-0.2, -0.15) is 5.10 Å². The molecule has 1 fully saturated rings. The van der Waals surface area contributed by atoms with Gasteiger partial charge in [-0.15, -0.1) is 0 Å². The van der Waals surface area contributed by atoms with Crippen LogP contribution in [-0.4, -0.2) is 58.9 Å². The molecule has 1 amide bonds. The number of carbonyl (C=O) groups is 1. The number of nitrogens with zero attached hydrogens (tertiary/aromatic N) is 5. The van der Waals surface area contributed by atoms with Gasteiger partial charge in [0.25, 0.3) is 5.91 Å². The van der Waals surface area contributed by atoms with Gasteiger partial charge < -0.3 is 20.3 Å². The Morgan fingerprint density at radius 3 is 2.82 bits per heavy atom. The number of aromatic nitrogens is 4. The van der Waals surface area contributed by atoms with Crippen LogP contribution in [0.15, 0.2) is 6.20 Å². The number of carbonyl (C=O) groups excluding carboxylic acids is 1. The summed E-state index contributed by atoms with van der Waals surface area (Å²) < 4.78 is 7.09. The molecule has 0 radical (unpaired) electrons. The van der Waals surface area contributed by atoms with Crippen molar-refractivity contribution in [1.29, 1.82) is 0 Å². The van der Waals surface area contributed by atoms with Crippen molar-refractivity contribution in [2.24, 2.45) is 0 Å². The predicted molar refractivity (Wildman–Crippen MR) is 106 cm³/mol. The fourth-order valence-electron chi connectivity index (χ4n) is 3.46. The highest BCUT2D eigenvalue weighted by molar-refractivity contribution is 5.90. The van der Waals surface area contributed by atoms with Crippen molar-refractivity contribution in [3.8, 4) is 0 Å². The van der Waals surface area contributed by atoms with Crippen LogP contribution in [-0.2, 0) is 18.0 Å². The molecule has 1 aliphatic rings. The van der Waals surface area contributed by atoms with Gasteiger partial charge in [0.15, 0.2) is 0 Å². The quantitative estimate of drug-likeness (QED) is 0.729. The molecule has 0 saturated carbocycles. The van der Waals surface area contributed by atoms with Crippen molar-refractivity contribution in [2.45, 2.75) is 46.5 Å². The number of aryl methyl sites for hydroxylation is 2. The number of rotatable bonds is 7. The largest absolute Gasteiger partial charge is 0.362 e. The summed E-state index contributed by atoms with van der Waals surface area (Å²) in [6.45, 7) is 8.89. The molecule has 1 saturated heterocycles. The van der Waals surface area contributed by atoms with Crippen LogP contribution in [0, 0.1) is 20.8 Å². The van der Waals surface area contributed by atoms with Gasteiger partial charge in [-0.25, -0.2) is 14.6 Å². The van der Waals surface area contributed by atoms with E-state index in [1.165, 1.54) is 0 Å². The van der Waals surface area contributed by atoms with E-state index in [1.54, 1.807) is 14.2 Å². The fourth-order valence-corrected chi connectivity index (χ4v) is 3.46. The Labute approximate surface area is 165 Å². The van der Waals surface area contributed by atoms with E-state index in [4.69, 9.17) is 4.74 Å². The van der Waals surface area contributed by atoms with Gasteiger partial charge in [0.05, 0.1) is 11.9 Å². The maximum atomic E-state index is 12.0. The summed E-state index contributed by atoms with van der Waals surface area (Å²) in [5, 5.41) is 10.6. The monoisotopic (exact) mass is 387 g/mol. The first kappa shape index (κ1) is 20.2. The van der Waals surface area contributed by atoms with Crippen molar-refractivity contribution < 1.29 is 9.53 Å². The predicted octanol–water partition coefficient (Wildman–Crippen LogP) is 0.930. The van der Waals surface area contributed by atoms with Gasteiger partial charge in [0.2, 0.25) is 5.82 Å². The van der Waals surface area contributed by atoms with Gasteiger partial charge >= 0.3 is 0 Å². The van der Waals surface area contributed by atoms with Crippen LogP contribution in [0.5, 0.6) is 0 Å². The normalized spacial score (nSPS) is 16.6. The average molecular weight is 387 g/mol. The third kappa shape index (κ3) is 4.15. The Balaban J connectivity index is 1.68. The molecule has 1 aliphatic heterocycles. The molecule has 0 bridgehead atoms. The maximum Gasteiger partial charge on any atom is 0.288 e. The lowest BCUT2D eigenvalue weighted by Crippen LogP contribution is -2.34. The van der Waals surface area contributed by atoms with Gasteiger partial charge in [-0.05, 0) is 32.8 Å². The van der Waals surface area contributed by atoms with Crippen LogP contribution in [0.1, 0.15) is 39.6 Å². The number of hydrogen-bond donors (Lipinski definition) is 2. The molecule has 0 aliphatic carbocycles. The zero-order valence-electron chi connectivity index (χ0n) is 17.2. The first-order valence-corrected chi connectivity index (χ1v) is 9.50. The van der Waals surface area contributed by atoms with Crippen molar-refractivity contribution in [3.63, 3.8) is 0 Å². The molecule has 3 rings (SSSR count). The standard InChI is InChI=1S/C19H29N7O2/c1-12-8-22-26(11-28-5)16(12)9-21-15-6-7-25(10-15)18-13(2)14(3)23-17(24-18)19(27)20-4/h8,15,21H,6-7,9-11H2,1-5H3,(H,20,27)/t15-/m1/s1. The third-order valence-electron chi connectivity index (χ3n) is 5.25. The molecule has 28 heavy (non-hydrogen) atoms. The first-order chi connectivity index (χ1) is 13.4. The highest BCUT2D eigenvalue weighted by atomic mass is 16.5. The molecule has 2 aromatic rings. The van der Waals surface area contributed by atoms with E-state index in [2.05, 4.69) is 37.5 Å². The second-order valence-corrected chi connectivity index (χ2v) is 7.16. The molecule has 1 atom stereocenters. The molecule has 2 aromatic heterocycles. The minimum atomic E-state index is -0.264. The minimum Gasteiger partial charge on any atom is -0.362 e. The van der Waals surface area contributed by atoms with Crippen LogP contribution in [0.3, 0.4) is 0 Å². The highest BCUT2D eigenvalue weighted by Gasteiger charge is 2.26.